The van der Waals surface area contributed by atoms with Crippen LogP contribution in [-0.4, -0.2) is 37.1 Å². The van der Waals surface area contributed by atoms with Crippen molar-refractivity contribution in [1.29, 1.82) is 0 Å². The van der Waals surface area contributed by atoms with Crippen molar-refractivity contribution in [2.24, 2.45) is 5.73 Å². The van der Waals surface area contributed by atoms with E-state index in [0.29, 0.717) is 6.04 Å². The molecule has 0 atom stereocenters. The molecule has 1 aliphatic heterocycles. The third-order valence-corrected chi connectivity index (χ3v) is 3.26. The standard InChI is InChI=1S/C13H20N4O/c1-17-8-6-10(7-9-17)15-11-4-2-3-5-12(11)16-13(14)18/h2-5,10,15H,6-9H2,1H3,(H3,14,16,18). The molecule has 0 spiro atoms. The largest absolute Gasteiger partial charge is 0.381 e. The van der Waals surface area contributed by atoms with Crippen molar-refractivity contribution in [3.63, 3.8) is 0 Å². The third-order valence-electron chi connectivity index (χ3n) is 3.26. The lowest BCUT2D eigenvalue weighted by Crippen LogP contribution is -2.36. The van der Waals surface area contributed by atoms with Crippen LogP contribution in [-0.2, 0) is 0 Å². The maximum Gasteiger partial charge on any atom is 0.316 e. The molecule has 2 rings (SSSR count). The molecule has 1 fully saturated rings. The van der Waals surface area contributed by atoms with Gasteiger partial charge in [0.15, 0.2) is 0 Å². The number of nitrogens with zero attached hydrogens (tertiary/aromatic N) is 1. The lowest BCUT2D eigenvalue weighted by Gasteiger charge is -2.30. The van der Waals surface area contributed by atoms with Crippen molar-refractivity contribution >= 4 is 17.4 Å². The van der Waals surface area contributed by atoms with Gasteiger partial charge in [0, 0.05) is 6.04 Å². The first-order chi connectivity index (χ1) is 8.65. The van der Waals surface area contributed by atoms with Gasteiger partial charge in [-0.15, -0.1) is 0 Å². The van der Waals surface area contributed by atoms with Gasteiger partial charge in [-0.3, -0.25) is 0 Å². The first-order valence-electron chi connectivity index (χ1n) is 6.25. The fourth-order valence-corrected chi connectivity index (χ4v) is 2.22. The highest BCUT2D eigenvalue weighted by Gasteiger charge is 2.17. The average molecular weight is 248 g/mol. The highest BCUT2D eigenvalue weighted by Crippen LogP contribution is 2.23. The summed E-state index contributed by atoms with van der Waals surface area (Å²) in [5, 5.41) is 6.12. The van der Waals surface area contributed by atoms with E-state index in [0.717, 1.165) is 37.3 Å². The highest BCUT2D eigenvalue weighted by atomic mass is 16.2. The molecule has 5 heteroatoms. The van der Waals surface area contributed by atoms with Gasteiger partial charge in [0.2, 0.25) is 0 Å². The molecule has 0 unspecified atom stereocenters. The van der Waals surface area contributed by atoms with Gasteiger partial charge in [-0.1, -0.05) is 12.1 Å². The van der Waals surface area contributed by atoms with E-state index >= 15 is 0 Å². The van der Waals surface area contributed by atoms with Gasteiger partial charge in [-0.2, -0.15) is 0 Å². The zero-order chi connectivity index (χ0) is 13.0. The number of urea groups is 1. The van der Waals surface area contributed by atoms with E-state index in [-0.39, 0.29) is 0 Å². The van der Waals surface area contributed by atoms with Gasteiger partial charge in [0.05, 0.1) is 11.4 Å². The lowest BCUT2D eigenvalue weighted by atomic mass is 10.0. The Morgan fingerprint density at radius 3 is 2.50 bits per heavy atom. The molecule has 0 saturated carbocycles. The van der Waals surface area contributed by atoms with Crippen LogP contribution < -0.4 is 16.4 Å². The SMILES string of the molecule is CN1CCC(Nc2ccccc2NC(N)=O)CC1. The van der Waals surface area contributed by atoms with Crippen LogP contribution in [0.4, 0.5) is 16.2 Å². The Morgan fingerprint density at radius 2 is 1.89 bits per heavy atom. The van der Waals surface area contributed by atoms with E-state index in [1.165, 1.54) is 0 Å². The van der Waals surface area contributed by atoms with Crippen molar-refractivity contribution in [3.8, 4) is 0 Å². The number of likely N-dealkylation sites (tertiary alicyclic amines) is 1. The summed E-state index contributed by atoms with van der Waals surface area (Å²) in [4.78, 5) is 13.3. The number of nitrogens with one attached hydrogen (secondary N) is 2. The second-order valence-electron chi connectivity index (χ2n) is 4.76. The number of nitrogens with two attached hydrogens (primary N) is 1. The maximum absolute atomic E-state index is 10.9. The van der Waals surface area contributed by atoms with Crippen LogP contribution in [0, 0.1) is 0 Å². The number of carbonyl (C=O) groups is 1. The molecule has 1 aromatic rings. The van der Waals surface area contributed by atoms with Crippen LogP contribution >= 0.6 is 0 Å². The van der Waals surface area contributed by atoms with E-state index < -0.39 is 6.03 Å². The van der Waals surface area contributed by atoms with Crippen molar-refractivity contribution < 1.29 is 4.79 Å². The summed E-state index contributed by atoms with van der Waals surface area (Å²) in [6.07, 6.45) is 2.23. The van der Waals surface area contributed by atoms with Crippen molar-refractivity contribution in [3.05, 3.63) is 24.3 Å². The second-order valence-corrected chi connectivity index (χ2v) is 4.76. The minimum atomic E-state index is -0.535. The normalized spacial score (nSPS) is 17.4. The molecule has 1 aromatic carbocycles. The second kappa shape index (κ2) is 5.73. The van der Waals surface area contributed by atoms with E-state index in [2.05, 4.69) is 22.6 Å². The Morgan fingerprint density at radius 1 is 1.28 bits per heavy atom. The number of hydrogen-bond acceptors (Lipinski definition) is 3. The Balaban J connectivity index is 2.02. The van der Waals surface area contributed by atoms with Crippen LogP contribution in [0.25, 0.3) is 0 Å². The summed E-state index contributed by atoms with van der Waals surface area (Å²) in [7, 11) is 2.14. The molecule has 2 amide bonds. The Hall–Kier alpha value is -1.75. The lowest BCUT2D eigenvalue weighted by molar-refractivity contribution is 0.259. The maximum atomic E-state index is 10.9. The van der Waals surface area contributed by atoms with Gasteiger partial charge in [-0.05, 0) is 45.1 Å². The van der Waals surface area contributed by atoms with E-state index in [9.17, 15) is 4.79 Å². The summed E-state index contributed by atoms with van der Waals surface area (Å²) in [6.45, 7) is 2.20. The van der Waals surface area contributed by atoms with E-state index in [1.54, 1.807) is 0 Å². The predicted octanol–water partition coefficient (Wildman–Crippen LogP) is 1.68. The van der Waals surface area contributed by atoms with E-state index in [1.807, 2.05) is 24.3 Å². The smallest absolute Gasteiger partial charge is 0.316 e. The number of benzene rings is 1. The monoisotopic (exact) mass is 248 g/mol. The molecule has 18 heavy (non-hydrogen) atoms. The van der Waals surface area contributed by atoms with Gasteiger partial charge in [-0.25, -0.2) is 4.79 Å². The third kappa shape index (κ3) is 3.37. The number of carbonyl (C=O) groups excluding carboxylic acids is 1. The summed E-state index contributed by atoms with van der Waals surface area (Å²) >= 11 is 0. The minimum absolute atomic E-state index is 0.456. The van der Waals surface area contributed by atoms with Crippen LogP contribution in [0.1, 0.15) is 12.8 Å². The van der Waals surface area contributed by atoms with Crippen LogP contribution in [0.15, 0.2) is 24.3 Å². The predicted molar refractivity (Wildman–Crippen MR) is 73.8 cm³/mol. The molecule has 0 aromatic heterocycles. The summed E-state index contributed by atoms with van der Waals surface area (Å²) < 4.78 is 0. The topological polar surface area (TPSA) is 70.4 Å². The number of piperidine rings is 1. The molecule has 5 nitrogen and oxygen atoms in total. The zero-order valence-corrected chi connectivity index (χ0v) is 10.6. The first kappa shape index (κ1) is 12.7. The fourth-order valence-electron chi connectivity index (χ4n) is 2.22. The summed E-state index contributed by atoms with van der Waals surface area (Å²) in [5.41, 5.74) is 6.84. The number of para-hydroxylation sites is 2. The number of hydrogen-bond donors (Lipinski definition) is 3. The Bertz CT molecular complexity index is 413. The molecule has 4 N–H and O–H groups in total. The molecule has 1 aliphatic rings. The first-order valence-corrected chi connectivity index (χ1v) is 6.25. The summed E-state index contributed by atoms with van der Waals surface area (Å²) in [6, 6.07) is 7.56. The van der Waals surface area contributed by atoms with Gasteiger partial charge >= 0.3 is 6.03 Å². The van der Waals surface area contributed by atoms with Crippen molar-refractivity contribution in [1.82, 2.24) is 4.90 Å². The molecule has 0 radical (unpaired) electrons. The molecular weight excluding hydrogens is 228 g/mol. The van der Waals surface area contributed by atoms with Gasteiger partial charge < -0.3 is 21.3 Å². The fraction of sp³-hybridized carbons (Fsp3) is 0.462. The zero-order valence-electron chi connectivity index (χ0n) is 10.6. The Kier molecular flexibility index (Phi) is 4.04. The number of anilines is 2. The molecule has 0 bridgehead atoms. The highest BCUT2D eigenvalue weighted by molar-refractivity contribution is 5.91. The number of primary amides is 1. The van der Waals surface area contributed by atoms with Crippen LogP contribution in [0.2, 0.25) is 0 Å². The summed E-state index contributed by atoms with van der Waals surface area (Å²) in [5.74, 6) is 0. The quantitative estimate of drug-likeness (QED) is 0.762. The molecule has 1 saturated heterocycles. The number of rotatable bonds is 3. The van der Waals surface area contributed by atoms with Crippen molar-refractivity contribution in [2.75, 3.05) is 30.8 Å². The Labute approximate surface area is 107 Å². The van der Waals surface area contributed by atoms with Crippen LogP contribution in [0.5, 0.6) is 0 Å². The minimum Gasteiger partial charge on any atom is -0.381 e. The molecule has 0 aliphatic carbocycles. The van der Waals surface area contributed by atoms with E-state index in [4.69, 9.17) is 5.73 Å². The van der Waals surface area contributed by atoms with Crippen molar-refractivity contribution in [2.45, 2.75) is 18.9 Å². The molecule has 1 heterocycles. The molecular formula is C13H20N4O. The van der Waals surface area contributed by atoms with Crippen LogP contribution in [0.3, 0.4) is 0 Å². The molecule has 98 valence electrons. The number of amides is 2. The average Bonchev–Trinajstić information content (AvgIpc) is 2.34. The van der Waals surface area contributed by atoms with Gasteiger partial charge in [0.1, 0.15) is 0 Å². The van der Waals surface area contributed by atoms with Gasteiger partial charge in [0.25, 0.3) is 0 Å².